The monoisotopic (exact) mass is 389 g/mol. The van der Waals surface area contributed by atoms with Crippen LogP contribution < -0.4 is 5.32 Å². The van der Waals surface area contributed by atoms with Gasteiger partial charge in [0, 0.05) is 24.1 Å². The van der Waals surface area contributed by atoms with Crippen LogP contribution in [0.25, 0.3) is 11.4 Å². The van der Waals surface area contributed by atoms with Crippen LogP contribution in [-0.2, 0) is 9.59 Å². The summed E-state index contributed by atoms with van der Waals surface area (Å²) in [5, 5.41) is 12.2. The van der Waals surface area contributed by atoms with Crippen molar-refractivity contribution in [1.29, 1.82) is 0 Å². The highest BCUT2D eigenvalue weighted by Gasteiger charge is 2.26. The fourth-order valence-electron chi connectivity index (χ4n) is 2.98. The number of nitrogens with zero attached hydrogens (tertiary/aromatic N) is 4. The van der Waals surface area contributed by atoms with E-state index in [0.29, 0.717) is 23.6 Å². The highest BCUT2D eigenvalue weighted by molar-refractivity contribution is 6.02. The van der Waals surface area contributed by atoms with E-state index in [-0.39, 0.29) is 30.7 Å². The van der Waals surface area contributed by atoms with Crippen LogP contribution >= 0.6 is 0 Å². The third-order valence-corrected chi connectivity index (χ3v) is 4.41. The van der Waals surface area contributed by atoms with E-state index >= 15 is 0 Å². The number of aryl methyl sites for hydroxylation is 1. The van der Waals surface area contributed by atoms with Crippen LogP contribution in [0.15, 0.2) is 64.2 Å². The van der Waals surface area contributed by atoms with Gasteiger partial charge in [-0.05, 0) is 24.6 Å². The topological polar surface area (TPSA) is 101 Å². The number of hydrazone groups is 1. The third kappa shape index (κ3) is 4.37. The highest BCUT2D eigenvalue weighted by Crippen LogP contribution is 2.19. The molecule has 1 N–H and O–H groups in total. The van der Waals surface area contributed by atoms with Crippen molar-refractivity contribution in [1.82, 2.24) is 15.1 Å². The number of benzene rings is 2. The predicted molar refractivity (Wildman–Crippen MR) is 107 cm³/mol. The molecule has 146 valence electrons. The molecule has 3 aromatic rings. The normalized spacial score (nSPS) is 13.9. The van der Waals surface area contributed by atoms with Crippen LogP contribution in [0.1, 0.15) is 24.3 Å². The van der Waals surface area contributed by atoms with Gasteiger partial charge in [-0.25, -0.2) is 5.01 Å². The van der Waals surface area contributed by atoms with E-state index < -0.39 is 0 Å². The lowest BCUT2D eigenvalue weighted by atomic mass is 10.1. The van der Waals surface area contributed by atoms with Crippen molar-refractivity contribution < 1.29 is 14.1 Å². The van der Waals surface area contributed by atoms with E-state index in [1.807, 2.05) is 55.5 Å². The minimum Gasteiger partial charge on any atom is -0.332 e. The molecule has 2 aromatic carbocycles. The minimum absolute atomic E-state index is 0.185. The van der Waals surface area contributed by atoms with E-state index in [9.17, 15) is 9.59 Å². The fraction of sp³-hybridized carbons (Fsp3) is 0.190. The second-order valence-electron chi connectivity index (χ2n) is 6.70. The molecule has 0 spiro atoms. The minimum atomic E-state index is -0.329. The average Bonchev–Trinajstić information content (AvgIpc) is 3.20. The van der Waals surface area contributed by atoms with Crippen molar-refractivity contribution in [2.45, 2.75) is 19.8 Å². The van der Waals surface area contributed by atoms with E-state index in [0.717, 1.165) is 16.1 Å². The van der Waals surface area contributed by atoms with Gasteiger partial charge in [-0.15, -0.1) is 0 Å². The number of anilines is 1. The Labute approximate surface area is 167 Å². The zero-order valence-electron chi connectivity index (χ0n) is 15.8. The van der Waals surface area contributed by atoms with Gasteiger partial charge < -0.3 is 9.84 Å². The van der Waals surface area contributed by atoms with Gasteiger partial charge in [0.25, 0.3) is 5.89 Å². The maximum absolute atomic E-state index is 12.3. The van der Waals surface area contributed by atoms with Crippen LogP contribution in [0.4, 0.5) is 5.69 Å². The largest absolute Gasteiger partial charge is 0.332 e. The van der Waals surface area contributed by atoms with Gasteiger partial charge in [-0.3, -0.25) is 9.59 Å². The summed E-state index contributed by atoms with van der Waals surface area (Å²) in [6.07, 6.45) is 0.602. The quantitative estimate of drug-likeness (QED) is 0.723. The Bertz CT molecular complexity index is 1070. The van der Waals surface area contributed by atoms with Crippen LogP contribution in [0.2, 0.25) is 0 Å². The summed E-state index contributed by atoms with van der Waals surface area (Å²) in [5.74, 6) is 0.143. The first-order valence-electron chi connectivity index (χ1n) is 9.22. The third-order valence-electron chi connectivity index (χ3n) is 4.41. The summed E-state index contributed by atoms with van der Waals surface area (Å²) in [6.45, 7) is 1.75. The summed E-state index contributed by atoms with van der Waals surface area (Å²) in [4.78, 5) is 28.9. The Balaban J connectivity index is 1.48. The number of hydrogen-bond acceptors (Lipinski definition) is 6. The molecule has 2 heterocycles. The number of amides is 2. The molecule has 8 heteroatoms. The van der Waals surface area contributed by atoms with Crippen molar-refractivity contribution in [3.8, 4) is 11.4 Å². The smallest absolute Gasteiger partial charge is 0.274 e. The molecular formula is C21H19N5O3. The van der Waals surface area contributed by atoms with E-state index in [1.54, 1.807) is 6.07 Å². The van der Waals surface area contributed by atoms with Crippen LogP contribution in [0.5, 0.6) is 0 Å². The maximum atomic E-state index is 12.3. The molecule has 1 aliphatic rings. The lowest BCUT2D eigenvalue weighted by Crippen LogP contribution is -2.38. The molecule has 2 amide bonds. The van der Waals surface area contributed by atoms with Crippen molar-refractivity contribution in [3.63, 3.8) is 0 Å². The molecule has 0 bridgehead atoms. The molecule has 8 nitrogen and oxygen atoms in total. The highest BCUT2D eigenvalue weighted by atomic mass is 16.5. The van der Waals surface area contributed by atoms with Gasteiger partial charge in [-0.1, -0.05) is 47.6 Å². The Morgan fingerprint density at radius 3 is 2.76 bits per heavy atom. The number of hydrogen-bond donors (Lipinski definition) is 1. The zero-order chi connectivity index (χ0) is 20.2. The molecule has 0 aliphatic carbocycles. The lowest BCUT2D eigenvalue weighted by Gasteiger charge is -2.21. The molecule has 1 aliphatic heterocycles. The van der Waals surface area contributed by atoms with Crippen LogP contribution in [0.3, 0.4) is 0 Å². The summed E-state index contributed by atoms with van der Waals surface area (Å²) in [5.41, 5.74) is 3.02. The van der Waals surface area contributed by atoms with Crippen LogP contribution in [-0.4, -0.2) is 39.2 Å². The van der Waals surface area contributed by atoms with E-state index in [2.05, 4.69) is 20.6 Å². The van der Waals surface area contributed by atoms with E-state index in [4.69, 9.17) is 4.52 Å². The molecule has 1 aromatic heterocycles. The van der Waals surface area contributed by atoms with Gasteiger partial charge in [-0.2, -0.15) is 10.1 Å². The molecule has 0 saturated heterocycles. The van der Waals surface area contributed by atoms with Crippen molar-refractivity contribution in [3.05, 3.63) is 66.1 Å². The second kappa shape index (κ2) is 8.05. The zero-order valence-corrected chi connectivity index (χ0v) is 15.8. The molecule has 29 heavy (non-hydrogen) atoms. The SMILES string of the molecule is Cc1cccc(NC(=O)CN2N=C(c3nc(-c4ccccc4)no3)CCC2=O)c1. The van der Waals surface area contributed by atoms with Crippen LogP contribution in [0, 0.1) is 6.92 Å². The molecule has 0 radical (unpaired) electrons. The number of carbonyl (C=O) groups excluding carboxylic acids is 2. The summed E-state index contributed by atoms with van der Waals surface area (Å²) in [6, 6.07) is 16.9. The Morgan fingerprint density at radius 2 is 1.97 bits per heavy atom. The Kier molecular flexibility index (Phi) is 5.15. The molecule has 0 atom stereocenters. The maximum Gasteiger partial charge on any atom is 0.274 e. The molecule has 0 saturated carbocycles. The fourth-order valence-corrected chi connectivity index (χ4v) is 2.98. The predicted octanol–water partition coefficient (Wildman–Crippen LogP) is 3.01. The van der Waals surface area contributed by atoms with Gasteiger partial charge in [0.2, 0.25) is 17.6 Å². The van der Waals surface area contributed by atoms with Gasteiger partial charge in [0.1, 0.15) is 12.3 Å². The molecular weight excluding hydrogens is 370 g/mol. The van der Waals surface area contributed by atoms with Gasteiger partial charge in [0.05, 0.1) is 0 Å². The lowest BCUT2D eigenvalue weighted by molar-refractivity contribution is -0.135. The number of rotatable bonds is 5. The standard InChI is InChI=1S/C21H19N5O3/c1-14-6-5-9-16(12-14)22-18(27)13-26-19(28)11-10-17(24-26)21-23-20(25-29-21)15-7-3-2-4-8-15/h2-9,12H,10-11,13H2,1H3,(H,22,27). The summed E-state index contributed by atoms with van der Waals surface area (Å²) < 4.78 is 5.33. The number of aromatic nitrogens is 2. The first-order valence-corrected chi connectivity index (χ1v) is 9.22. The average molecular weight is 389 g/mol. The summed E-state index contributed by atoms with van der Waals surface area (Å²) >= 11 is 0. The summed E-state index contributed by atoms with van der Waals surface area (Å²) in [7, 11) is 0. The first-order chi connectivity index (χ1) is 14.1. The molecule has 4 rings (SSSR count). The first kappa shape index (κ1) is 18.5. The Morgan fingerprint density at radius 1 is 1.14 bits per heavy atom. The molecule has 0 fully saturated rings. The van der Waals surface area contributed by atoms with Gasteiger partial charge in [0.15, 0.2) is 0 Å². The van der Waals surface area contributed by atoms with Crippen molar-refractivity contribution in [2.75, 3.05) is 11.9 Å². The van der Waals surface area contributed by atoms with Crippen molar-refractivity contribution >= 4 is 23.2 Å². The number of nitrogens with one attached hydrogen (secondary N) is 1. The number of carbonyl (C=O) groups is 2. The van der Waals surface area contributed by atoms with Crippen molar-refractivity contribution in [2.24, 2.45) is 5.10 Å². The van der Waals surface area contributed by atoms with E-state index in [1.165, 1.54) is 0 Å². The Hall–Kier alpha value is -3.81. The van der Waals surface area contributed by atoms with Gasteiger partial charge >= 0.3 is 0 Å². The second-order valence-corrected chi connectivity index (χ2v) is 6.70. The molecule has 0 unspecified atom stereocenters.